The van der Waals surface area contributed by atoms with Crippen molar-refractivity contribution in [2.75, 3.05) is 0 Å². The van der Waals surface area contributed by atoms with Gasteiger partial charge in [-0.3, -0.25) is 0 Å². The third-order valence-electron chi connectivity index (χ3n) is 3.38. The summed E-state index contributed by atoms with van der Waals surface area (Å²) in [5.41, 5.74) is -0.304. The number of aliphatic carboxylic acids is 1. The fraction of sp³-hybridized carbons (Fsp3) is 0.267. The average Bonchev–Trinajstić information content (AvgIpc) is 3.22. The average molecular weight is 345 g/mol. The Balaban J connectivity index is 0.00000192. The van der Waals surface area contributed by atoms with Crippen LogP contribution in [-0.2, 0) is 4.79 Å². The van der Waals surface area contributed by atoms with E-state index in [0.29, 0.717) is 24.1 Å². The zero-order chi connectivity index (χ0) is 15.9. The Bertz CT molecular complexity index is 768. The van der Waals surface area contributed by atoms with Gasteiger partial charge in [-0.25, -0.2) is 9.37 Å². The summed E-state index contributed by atoms with van der Waals surface area (Å²) in [4.78, 5) is 19.4. The van der Waals surface area contributed by atoms with Gasteiger partial charge in [-0.05, 0) is 38.0 Å². The predicted octanol–water partition coefficient (Wildman–Crippen LogP) is -1.09. The number of benzene rings is 1. The molecule has 0 bridgehead atoms. The number of ether oxygens (including phenoxy) is 1. The molecule has 8 heteroatoms. The molecule has 5 nitrogen and oxygen atoms in total. The monoisotopic (exact) mass is 344 g/mol. The van der Waals surface area contributed by atoms with Crippen molar-refractivity contribution in [3.8, 4) is 17.3 Å². The first-order valence-electron chi connectivity index (χ1n) is 6.61. The third kappa shape index (κ3) is 3.83. The number of carboxylic acids is 1. The molecule has 3 rings (SSSR count). The first-order chi connectivity index (χ1) is 10.4. The molecule has 1 aliphatic rings. The standard InChI is InChI=1S/C15H12ClFN2O3.Na/c1-8-6-12(22-15(4-5-15)14(20)21)19-13(18-8)9-2-3-10(16)11(17)7-9;/h2-3,6-7H,4-5H2,1H3,(H,20,21);/q;+1/p-1. The molecule has 2 aromatic rings. The number of carbonyl (C=O) groups is 1. The Kier molecular flexibility index (Phi) is 5.30. The van der Waals surface area contributed by atoms with Crippen molar-refractivity contribution in [1.29, 1.82) is 0 Å². The summed E-state index contributed by atoms with van der Waals surface area (Å²) in [6.45, 7) is 1.71. The van der Waals surface area contributed by atoms with Gasteiger partial charge in [0.25, 0.3) is 0 Å². The Labute approximate surface area is 159 Å². The molecular weight excluding hydrogens is 334 g/mol. The zero-order valence-corrected chi connectivity index (χ0v) is 15.4. The van der Waals surface area contributed by atoms with Crippen molar-refractivity contribution < 1.29 is 48.6 Å². The molecular formula is C15H11ClFN2NaO3. The summed E-state index contributed by atoms with van der Waals surface area (Å²) in [6, 6.07) is 5.73. The number of aromatic nitrogens is 2. The first kappa shape index (κ1) is 18.1. The van der Waals surface area contributed by atoms with Crippen molar-refractivity contribution in [2.24, 2.45) is 0 Å². The van der Waals surface area contributed by atoms with Gasteiger partial charge in [-0.2, -0.15) is 4.98 Å². The molecule has 0 spiro atoms. The van der Waals surface area contributed by atoms with E-state index in [4.69, 9.17) is 16.3 Å². The Morgan fingerprint density at radius 2 is 2.04 bits per heavy atom. The van der Waals surface area contributed by atoms with Gasteiger partial charge in [-0.15, -0.1) is 0 Å². The van der Waals surface area contributed by atoms with Crippen LogP contribution in [0, 0.1) is 12.7 Å². The Hall–Kier alpha value is -1.21. The van der Waals surface area contributed by atoms with E-state index in [1.165, 1.54) is 18.2 Å². The maximum atomic E-state index is 13.5. The molecule has 1 aromatic carbocycles. The smallest absolute Gasteiger partial charge is 0.546 e. The molecule has 1 aliphatic carbocycles. The van der Waals surface area contributed by atoms with Crippen LogP contribution in [0.1, 0.15) is 18.5 Å². The molecule has 0 N–H and O–H groups in total. The zero-order valence-electron chi connectivity index (χ0n) is 12.6. The quantitative estimate of drug-likeness (QED) is 0.659. The van der Waals surface area contributed by atoms with Crippen LogP contribution in [0.25, 0.3) is 11.4 Å². The number of halogens is 2. The van der Waals surface area contributed by atoms with Gasteiger partial charge in [0.05, 0.1) is 11.0 Å². The van der Waals surface area contributed by atoms with Crippen LogP contribution < -0.4 is 39.4 Å². The maximum absolute atomic E-state index is 13.5. The van der Waals surface area contributed by atoms with Crippen LogP contribution in [0.5, 0.6) is 5.88 Å². The Morgan fingerprint density at radius 3 is 2.61 bits per heavy atom. The third-order valence-corrected chi connectivity index (χ3v) is 3.69. The first-order valence-corrected chi connectivity index (χ1v) is 6.99. The SMILES string of the molecule is Cc1cc(OC2(C(=O)[O-])CC2)nc(-c2ccc(Cl)c(F)c2)n1.[Na+]. The van der Waals surface area contributed by atoms with Crippen molar-refractivity contribution in [3.63, 3.8) is 0 Å². The van der Waals surface area contributed by atoms with Crippen LogP contribution in [0.15, 0.2) is 24.3 Å². The van der Waals surface area contributed by atoms with Crippen LogP contribution in [-0.4, -0.2) is 21.5 Å². The van der Waals surface area contributed by atoms with Crippen LogP contribution >= 0.6 is 11.6 Å². The summed E-state index contributed by atoms with van der Waals surface area (Å²) in [6.07, 6.45) is 0.757. The van der Waals surface area contributed by atoms with Gasteiger partial charge in [0.1, 0.15) is 5.82 Å². The number of carbonyl (C=O) groups excluding carboxylic acids is 1. The number of hydrogen-bond acceptors (Lipinski definition) is 5. The Morgan fingerprint density at radius 1 is 1.35 bits per heavy atom. The normalized spacial score (nSPS) is 14.7. The number of carboxylic acid groups (broad SMARTS) is 1. The van der Waals surface area contributed by atoms with E-state index >= 15 is 0 Å². The van der Waals surface area contributed by atoms with E-state index in [9.17, 15) is 14.3 Å². The van der Waals surface area contributed by atoms with E-state index < -0.39 is 17.4 Å². The topological polar surface area (TPSA) is 75.1 Å². The van der Waals surface area contributed by atoms with Crippen LogP contribution in [0.2, 0.25) is 5.02 Å². The van der Waals surface area contributed by atoms with E-state index in [0.717, 1.165) is 0 Å². The number of rotatable bonds is 4. The minimum Gasteiger partial charge on any atom is -0.546 e. The van der Waals surface area contributed by atoms with Gasteiger partial charge in [0, 0.05) is 17.3 Å². The van der Waals surface area contributed by atoms with Gasteiger partial charge >= 0.3 is 29.6 Å². The van der Waals surface area contributed by atoms with Gasteiger partial charge in [0.2, 0.25) is 5.88 Å². The summed E-state index contributed by atoms with van der Waals surface area (Å²) >= 11 is 5.65. The minimum absolute atomic E-state index is 0. The van der Waals surface area contributed by atoms with Crippen molar-refractivity contribution in [3.05, 3.63) is 40.8 Å². The molecule has 23 heavy (non-hydrogen) atoms. The van der Waals surface area contributed by atoms with E-state index in [1.807, 2.05) is 0 Å². The molecule has 1 aromatic heterocycles. The molecule has 1 saturated carbocycles. The van der Waals surface area contributed by atoms with Crippen molar-refractivity contribution in [2.45, 2.75) is 25.4 Å². The largest absolute Gasteiger partial charge is 1.00 e. The van der Waals surface area contributed by atoms with Crippen LogP contribution in [0.3, 0.4) is 0 Å². The molecule has 0 amide bonds. The van der Waals surface area contributed by atoms with Gasteiger partial charge < -0.3 is 14.6 Å². The molecule has 0 atom stereocenters. The molecule has 114 valence electrons. The molecule has 0 aliphatic heterocycles. The van der Waals surface area contributed by atoms with Gasteiger partial charge in [-0.1, -0.05) is 11.6 Å². The predicted molar refractivity (Wildman–Crippen MR) is 74.8 cm³/mol. The summed E-state index contributed by atoms with van der Waals surface area (Å²) in [5, 5.41) is 11.1. The van der Waals surface area contributed by atoms with E-state index in [1.54, 1.807) is 13.0 Å². The minimum atomic E-state index is -1.30. The maximum Gasteiger partial charge on any atom is 1.00 e. The molecule has 0 unspecified atom stereocenters. The second-order valence-corrected chi connectivity index (χ2v) is 5.59. The molecule has 0 saturated heterocycles. The van der Waals surface area contributed by atoms with E-state index in [2.05, 4.69) is 9.97 Å². The second-order valence-electron chi connectivity index (χ2n) is 5.18. The fourth-order valence-electron chi connectivity index (χ4n) is 2.02. The molecule has 0 radical (unpaired) electrons. The van der Waals surface area contributed by atoms with Gasteiger partial charge in [0.15, 0.2) is 11.4 Å². The van der Waals surface area contributed by atoms with Crippen LogP contribution in [0.4, 0.5) is 4.39 Å². The number of hydrogen-bond donors (Lipinski definition) is 0. The second kappa shape index (κ2) is 6.73. The summed E-state index contributed by atoms with van der Waals surface area (Å²) in [5.74, 6) is -1.48. The fourth-order valence-corrected chi connectivity index (χ4v) is 2.14. The number of aryl methyl sites for hydroxylation is 1. The number of nitrogens with zero attached hydrogens (tertiary/aromatic N) is 2. The summed E-state index contributed by atoms with van der Waals surface area (Å²) in [7, 11) is 0. The summed E-state index contributed by atoms with van der Waals surface area (Å²) < 4.78 is 19.0. The molecule has 1 fully saturated rings. The van der Waals surface area contributed by atoms with E-state index in [-0.39, 0.29) is 46.3 Å². The van der Waals surface area contributed by atoms with Crippen molar-refractivity contribution in [1.82, 2.24) is 9.97 Å². The van der Waals surface area contributed by atoms with Crippen molar-refractivity contribution >= 4 is 17.6 Å². The molecule has 1 heterocycles.